The molecule has 1 amide bonds. The molecule has 0 radical (unpaired) electrons. The maximum Gasteiger partial charge on any atom is 0.225 e. The van der Waals surface area contributed by atoms with Crippen LogP contribution in [0.3, 0.4) is 0 Å². The van der Waals surface area contributed by atoms with E-state index < -0.39 is 0 Å². The van der Waals surface area contributed by atoms with Gasteiger partial charge >= 0.3 is 0 Å². The number of hydrogen-bond acceptors (Lipinski definition) is 2. The number of carbonyl (C=O) groups is 1. The van der Waals surface area contributed by atoms with Crippen LogP contribution in [-0.2, 0) is 4.79 Å². The van der Waals surface area contributed by atoms with Gasteiger partial charge in [0, 0.05) is 12.5 Å². The zero-order valence-corrected chi connectivity index (χ0v) is 9.24. The van der Waals surface area contributed by atoms with Crippen molar-refractivity contribution in [1.29, 1.82) is 0 Å². The van der Waals surface area contributed by atoms with Crippen LogP contribution in [0.1, 0.15) is 33.6 Å². The fourth-order valence-electron chi connectivity index (χ4n) is 1.51. The lowest BCUT2D eigenvalue weighted by molar-refractivity contribution is -0.131. The van der Waals surface area contributed by atoms with E-state index in [-0.39, 0.29) is 11.3 Å². The molecule has 13 heavy (non-hydrogen) atoms. The summed E-state index contributed by atoms with van der Waals surface area (Å²) in [5.41, 5.74) is -0.125. The molecule has 0 aromatic rings. The molecule has 3 nitrogen and oxygen atoms in total. The summed E-state index contributed by atoms with van der Waals surface area (Å²) >= 11 is 0. The third-order valence-corrected chi connectivity index (χ3v) is 2.48. The summed E-state index contributed by atoms with van der Waals surface area (Å²) in [6.07, 6.45) is 1.90. The lowest BCUT2D eigenvalue weighted by atomic mass is 9.80. The Bertz CT molecular complexity index is 151. The van der Waals surface area contributed by atoms with Crippen molar-refractivity contribution in [2.24, 2.45) is 5.41 Å². The lowest BCUT2D eigenvalue weighted by Crippen LogP contribution is -2.44. The number of rotatable bonds is 1. The zero-order valence-electron chi connectivity index (χ0n) is 9.24. The van der Waals surface area contributed by atoms with Crippen LogP contribution in [0.2, 0.25) is 0 Å². The minimum atomic E-state index is -0.125. The molecule has 2 N–H and O–H groups in total. The van der Waals surface area contributed by atoms with Gasteiger partial charge in [0.2, 0.25) is 5.91 Å². The zero-order chi connectivity index (χ0) is 10.3. The quantitative estimate of drug-likeness (QED) is 0.645. The summed E-state index contributed by atoms with van der Waals surface area (Å²) in [5.74, 6) is 0.180. The van der Waals surface area contributed by atoms with Gasteiger partial charge in [-0.3, -0.25) is 4.79 Å². The first-order chi connectivity index (χ1) is 6.19. The minimum absolute atomic E-state index is 0.125. The predicted molar refractivity (Wildman–Crippen MR) is 55.6 cm³/mol. The maximum atomic E-state index is 11.3. The summed E-state index contributed by atoms with van der Waals surface area (Å²) in [5, 5.41) is 5.95. The Morgan fingerprint density at radius 3 is 2.15 bits per heavy atom. The molecule has 78 valence electrons. The van der Waals surface area contributed by atoms with Crippen LogP contribution in [0.4, 0.5) is 0 Å². The number of carbonyl (C=O) groups excluding carboxylic acids is 1. The highest BCUT2D eigenvalue weighted by Crippen LogP contribution is 2.27. The summed E-state index contributed by atoms with van der Waals surface area (Å²) in [6, 6.07) is 0. The Morgan fingerprint density at radius 2 is 1.77 bits per heavy atom. The van der Waals surface area contributed by atoms with E-state index in [1.54, 1.807) is 7.05 Å². The summed E-state index contributed by atoms with van der Waals surface area (Å²) < 4.78 is 0. The molecule has 0 unspecified atom stereocenters. The molecule has 0 atom stereocenters. The van der Waals surface area contributed by atoms with Gasteiger partial charge in [-0.2, -0.15) is 0 Å². The first kappa shape index (κ1) is 12.4. The lowest BCUT2D eigenvalue weighted by Gasteiger charge is -2.31. The average Bonchev–Trinajstić information content (AvgIpc) is 2.21. The van der Waals surface area contributed by atoms with E-state index in [0.29, 0.717) is 0 Å². The highest BCUT2D eigenvalue weighted by molar-refractivity contribution is 5.82. The van der Waals surface area contributed by atoms with Gasteiger partial charge in [0.25, 0.3) is 0 Å². The molecule has 1 aliphatic rings. The van der Waals surface area contributed by atoms with Crippen LogP contribution in [-0.4, -0.2) is 26.0 Å². The van der Waals surface area contributed by atoms with Crippen molar-refractivity contribution in [2.75, 3.05) is 20.1 Å². The summed E-state index contributed by atoms with van der Waals surface area (Å²) in [6.45, 7) is 7.96. The van der Waals surface area contributed by atoms with E-state index in [1.807, 2.05) is 20.8 Å². The van der Waals surface area contributed by atoms with Crippen LogP contribution >= 0.6 is 0 Å². The molecule has 1 heterocycles. The van der Waals surface area contributed by atoms with Crippen LogP contribution in [0.15, 0.2) is 0 Å². The van der Waals surface area contributed by atoms with E-state index in [9.17, 15) is 4.79 Å². The van der Waals surface area contributed by atoms with Gasteiger partial charge in [0.1, 0.15) is 0 Å². The molecule has 0 saturated carbocycles. The number of hydrogen-bond donors (Lipinski definition) is 2. The molecule has 0 bridgehead atoms. The molecule has 1 aliphatic heterocycles. The fourth-order valence-corrected chi connectivity index (χ4v) is 1.51. The molecule has 1 rings (SSSR count). The molecular weight excluding hydrogens is 164 g/mol. The van der Waals surface area contributed by atoms with Crippen molar-refractivity contribution >= 4 is 5.91 Å². The molecule has 1 fully saturated rings. The predicted octanol–water partition coefficient (Wildman–Crippen LogP) is 1.15. The smallest absolute Gasteiger partial charge is 0.225 e. The van der Waals surface area contributed by atoms with E-state index in [0.717, 1.165) is 25.9 Å². The Balaban J connectivity index is 0.000000671. The third-order valence-electron chi connectivity index (χ3n) is 2.48. The largest absolute Gasteiger partial charge is 0.359 e. The van der Waals surface area contributed by atoms with Gasteiger partial charge in [-0.1, -0.05) is 20.8 Å². The highest BCUT2D eigenvalue weighted by Gasteiger charge is 2.33. The molecule has 1 saturated heterocycles. The van der Waals surface area contributed by atoms with Crippen molar-refractivity contribution in [1.82, 2.24) is 10.6 Å². The standard InChI is InChI=1S/C8H16N2O.C2H6/c1-8(7(11)9-2)3-5-10-6-4-8;1-2/h10H,3-6H2,1-2H3,(H,9,11);1-2H3. The second-order valence-electron chi connectivity index (χ2n) is 3.39. The minimum Gasteiger partial charge on any atom is -0.359 e. The SMILES string of the molecule is CC.CNC(=O)C1(C)CCNCC1. The summed E-state index contributed by atoms with van der Waals surface area (Å²) in [7, 11) is 1.70. The maximum absolute atomic E-state index is 11.3. The van der Waals surface area contributed by atoms with Crippen molar-refractivity contribution in [3.8, 4) is 0 Å². The van der Waals surface area contributed by atoms with E-state index in [2.05, 4.69) is 10.6 Å². The van der Waals surface area contributed by atoms with E-state index in [1.165, 1.54) is 0 Å². The second kappa shape index (κ2) is 5.97. The first-order valence-electron chi connectivity index (χ1n) is 5.12. The van der Waals surface area contributed by atoms with Gasteiger partial charge in [-0.15, -0.1) is 0 Å². The van der Waals surface area contributed by atoms with Gasteiger partial charge < -0.3 is 10.6 Å². The summed E-state index contributed by atoms with van der Waals surface area (Å²) in [4.78, 5) is 11.3. The van der Waals surface area contributed by atoms with E-state index in [4.69, 9.17) is 0 Å². The van der Waals surface area contributed by atoms with Crippen molar-refractivity contribution in [2.45, 2.75) is 33.6 Å². The molecule has 0 aromatic heterocycles. The van der Waals surface area contributed by atoms with Crippen molar-refractivity contribution in [3.05, 3.63) is 0 Å². The molecule has 0 spiro atoms. The first-order valence-corrected chi connectivity index (χ1v) is 5.12. The van der Waals surface area contributed by atoms with Gasteiger partial charge in [-0.05, 0) is 25.9 Å². The van der Waals surface area contributed by atoms with Crippen molar-refractivity contribution < 1.29 is 4.79 Å². The monoisotopic (exact) mass is 186 g/mol. The topological polar surface area (TPSA) is 41.1 Å². The van der Waals surface area contributed by atoms with Crippen LogP contribution in [0, 0.1) is 5.41 Å². The van der Waals surface area contributed by atoms with Crippen LogP contribution < -0.4 is 10.6 Å². The molecule has 3 heteroatoms. The Kier molecular flexibility index (Phi) is 5.71. The molecular formula is C10H22N2O. The second-order valence-corrected chi connectivity index (χ2v) is 3.39. The number of nitrogens with one attached hydrogen (secondary N) is 2. The molecule has 0 aromatic carbocycles. The van der Waals surface area contributed by atoms with Gasteiger partial charge in [0.15, 0.2) is 0 Å². The molecule has 0 aliphatic carbocycles. The van der Waals surface area contributed by atoms with Crippen molar-refractivity contribution in [3.63, 3.8) is 0 Å². The van der Waals surface area contributed by atoms with Gasteiger partial charge in [-0.25, -0.2) is 0 Å². The fraction of sp³-hybridized carbons (Fsp3) is 0.900. The Morgan fingerprint density at radius 1 is 1.31 bits per heavy atom. The third kappa shape index (κ3) is 3.35. The van der Waals surface area contributed by atoms with Crippen LogP contribution in [0.25, 0.3) is 0 Å². The number of amides is 1. The average molecular weight is 186 g/mol. The Hall–Kier alpha value is -0.570. The van der Waals surface area contributed by atoms with Crippen LogP contribution in [0.5, 0.6) is 0 Å². The highest BCUT2D eigenvalue weighted by atomic mass is 16.2. The van der Waals surface area contributed by atoms with E-state index >= 15 is 0 Å². The van der Waals surface area contributed by atoms with Gasteiger partial charge in [0.05, 0.1) is 0 Å². The normalized spacial score (nSPS) is 19.7. The number of piperidine rings is 1. The Labute approximate surface area is 81.3 Å².